The van der Waals surface area contributed by atoms with Crippen molar-refractivity contribution in [2.45, 2.75) is 65.2 Å². The lowest BCUT2D eigenvalue weighted by atomic mass is 9.73. The molecule has 0 aromatic heterocycles. The lowest BCUT2D eigenvalue weighted by molar-refractivity contribution is 0.122. The summed E-state index contributed by atoms with van der Waals surface area (Å²) in [6.45, 7) is 14.4. The van der Waals surface area contributed by atoms with Gasteiger partial charge in [0, 0.05) is 35.8 Å². The first-order chi connectivity index (χ1) is 18.0. The number of anilines is 1. The van der Waals surface area contributed by atoms with E-state index in [0.717, 1.165) is 69.0 Å². The van der Waals surface area contributed by atoms with Crippen LogP contribution < -0.4 is 14.4 Å². The summed E-state index contributed by atoms with van der Waals surface area (Å²) >= 11 is 0. The lowest BCUT2D eigenvalue weighted by Gasteiger charge is -2.34. The molecule has 4 heteroatoms. The maximum absolute atomic E-state index is 6.35. The Bertz CT molecular complexity index is 1110. The highest BCUT2D eigenvalue weighted by molar-refractivity contribution is 5.80. The fraction of sp³-hybridized carbons (Fsp3) is 0.515. The molecule has 4 nitrogen and oxygen atoms in total. The molecule has 1 saturated heterocycles. The van der Waals surface area contributed by atoms with Crippen molar-refractivity contribution < 1.29 is 14.2 Å². The predicted molar refractivity (Wildman–Crippen MR) is 155 cm³/mol. The first-order valence-electron chi connectivity index (χ1n) is 14.0. The Morgan fingerprint density at radius 3 is 2.57 bits per heavy atom. The summed E-state index contributed by atoms with van der Waals surface area (Å²) in [6.07, 6.45) is 9.20. The number of hydrogen-bond donors (Lipinski definition) is 0. The lowest BCUT2D eigenvalue weighted by Crippen LogP contribution is -2.36. The van der Waals surface area contributed by atoms with Gasteiger partial charge < -0.3 is 19.1 Å². The van der Waals surface area contributed by atoms with Crippen molar-refractivity contribution in [2.24, 2.45) is 5.92 Å². The molecule has 1 fully saturated rings. The number of hydrogen-bond acceptors (Lipinski definition) is 4. The second-order valence-corrected chi connectivity index (χ2v) is 10.7. The van der Waals surface area contributed by atoms with Crippen LogP contribution in [-0.4, -0.2) is 40.5 Å². The summed E-state index contributed by atoms with van der Waals surface area (Å²) in [6, 6.07) is 11.3. The van der Waals surface area contributed by atoms with Crippen LogP contribution in [0.15, 0.2) is 54.1 Å². The van der Waals surface area contributed by atoms with E-state index in [9.17, 15) is 0 Å². The summed E-state index contributed by atoms with van der Waals surface area (Å²) in [4.78, 5) is 2.42. The molecular formula is C33H45NO3. The van der Waals surface area contributed by atoms with Crippen molar-refractivity contribution in [3.8, 4) is 22.6 Å². The van der Waals surface area contributed by atoms with Crippen LogP contribution in [0.2, 0.25) is 0 Å². The van der Waals surface area contributed by atoms with Crippen LogP contribution in [0.25, 0.3) is 11.1 Å². The molecule has 0 N–H and O–H groups in total. The summed E-state index contributed by atoms with van der Waals surface area (Å²) in [5.41, 5.74) is 8.76. The first-order valence-corrected chi connectivity index (χ1v) is 14.0. The Kier molecular flexibility index (Phi) is 9.37. The second kappa shape index (κ2) is 12.7. The zero-order valence-electron chi connectivity index (χ0n) is 23.6. The quantitative estimate of drug-likeness (QED) is 0.243. The number of allylic oxidation sites excluding steroid dienone is 3. The third-order valence-electron chi connectivity index (χ3n) is 8.06. The van der Waals surface area contributed by atoms with Gasteiger partial charge in [-0.25, -0.2) is 0 Å². The normalized spacial score (nSPS) is 19.9. The van der Waals surface area contributed by atoms with Crippen LogP contribution in [0, 0.1) is 5.92 Å². The topological polar surface area (TPSA) is 30.9 Å². The van der Waals surface area contributed by atoms with Crippen molar-refractivity contribution in [2.75, 3.05) is 45.4 Å². The van der Waals surface area contributed by atoms with Gasteiger partial charge in [-0.3, -0.25) is 0 Å². The van der Waals surface area contributed by atoms with Crippen LogP contribution in [0.1, 0.15) is 69.9 Å². The third-order valence-corrected chi connectivity index (χ3v) is 8.06. The smallest absolute Gasteiger partial charge is 0.134 e. The summed E-state index contributed by atoms with van der Waals surface area (Å²) < 4.78 is 18.1. The largest absolute Gasteiger partial charge is 0.496 e. The fourth-order valence-corrected chi connectivity index (χ4v) is 6.06. The average molecular weight is 504 g/mol. The standard InChI is InChI=1S/C33H45NO3/c1-7-8-9-11-26-22-30(35-5)32(29-20-24(4)14-15-28(29)23(2)3)33(36-6)31(26)25-12-10-13-27(21-25)34-16-18-37-19-17-34/h10,12-13,20-22,28-29H,2,7-9,11,14-19H2,1,3-6H3. The molecule has 0 saturated carbocycles. The van der Waals surface area contributed by atoms with Gasteiger partial charge in [0.1, 0.15) is 11.5 Å². The van der Waals surface area contributed by atoms with E-state index < -0.39 is 0 Å². The number of rotatable bonds is 10. The van der Waals surface area contributed by atoms with Crippen molar-refractivity contribution >= 4 is 5.69 Å². The molecule has 2 unspecified atom stereocenters. The van der Waals surface area contributed by atoms with E-state index in [4.69, 9.17) is 14.2 Å². The molecule has 1 aliphatic carbocycles. The highest BCUT2D eigenvalue weighted by Crippen LogP contribution is 2.51. The molecule has 1 heterocycles. The van der Waals surface area contributed by atoms with Gasteiger partial charge in [-0.15, -0.1) is 0 Å². The predicted octanol–water partition coefficient (Wildman–Crippen LogP) is 7.96. The molecular weight excluding hydrogens is 458 g/mol. The Hall–Kier alpha value is -2.72. The Balaban J connectivity index is 1.92. The molecule has 2 atom stereocenters. The van der Waals surface area contributed by atoms with Gasteiger partial charge in [0.05, 0.1) is 27.4 Å². The van der Waals surface area contributed by atoms with Gasteiger partial charge in [0.2, 0.25) is 0 Å². The highest BCUT2D eigenvalue weighted by atomic mass is 16.5. The van der Waals surface area contributed by atoms with E-state index >= 15 is 0 Å². The number of aryl methyl sites for hydroxylation is 1. The number of morpholine rings is 1. The molecule has 0 spiro atoms. The van der Waals surface area contributed by atoms with Crippen LogP contribution >= 0.6 is 0 Å². The maximum Gasteiger partial charge on any atom is 0.134 e. The minimum atomic E-state index is 0.182. The van der Waals surface area contributed by atoms with Crippen molar-refractivity contribution in [3.05, 3.63) is 65.3 Å². The molecule has 2 aromatic rings. The maximum atomic E-state index is 6.35. The molecule has 37 heavy (non-hydrogen) atoms. The monoisotopic (exact) mass is 503 g/mol. The average Bonchev–Trinajstić information content (AvgIpc) is 2.92. The van der Waals surface area contributed by atoms with Gasteiger partial charge in [-0.1, -0.05) is 55.7 Å². The highest BCUT2D eigenvalue weighted by Gasteiger charge is 2.33. The molecule has 0 radical (unpaired) electrons. The molecule has 2 aromatic carbocycles. The summed E-state index contributed by atoms with van der Waals surface area (Å²) in [5.74, 6) is 2.43. The first kappa shape index (κ1) is 27.3. The number of unbranched alkanes of at least 4 members (excludes halogenated alkanes) is 2. The SMILES string of the molecule is C=C(C)C1CCC(C)=CC1c1c(OC)cc(CCCCC)c(-c2cccc(N3CCOCC3)c2)c1OC. The molecule has 0 amide bonds. The summed E-state index contributed by atoms with van der Waals surface area (Å²) in [7, 11) is 3.61. The van der Waals surface area contributed by atoms with E-state index in [1.165, 1.54) is 46.4 Å². The van der Waals surface area contributed by atoms with Crippen LogP contribution in [0.5, 0.6) is 11.5 Å². The van der Waals surface area contributed by atoms with Crippen LogP contribution in [-0.2, 0) is 11.2 Å². The molecule has 1 aliphatic heterocycles. The second-order valence-electron chi connectivity index (χ2n) is 10.7. The zero-order valence-corrected chi connectivity index (χ0v) is 23.6. The van der Waals surface area contributed by atoms with Gasteiger partial charge in [0.15, 0.2) is 0 Å². The summed E-state index contributed by atoms with van der Waals surface area (Å²) in [5, 5.41) is 0. The zero-order chi connectivity index (χ0) is 26.4. The third kappa shape index (κ3) is 6.06. The van der Waals surface area contributed by atoms with E-state index in [1.54, 1.807) is 7.11 Å². The van der Waals surface area contributed by atoms with E-state index in [2.05, 4.69) is 68.7 Å². The molecule has 200 valence electrons. The fourth-order valence-electron chi connectivity index (χ4n) is 6.06. The van der Waals surface area contributed by atoms with Crippen molar-refractivity contribution in [1.82, 2.24) is 0 Å². The number of benzene rings is 2. The van der Waals surface area contributed by atoms with E-state index in [0.29, 0.717) is 5.92 Å². The van der Waals surface area contributed by atoms with Crippen LogP contribution in [0.3, 0.4) is 0 Å². The molecule has 0 bridgehead atoms. The van der Waals surface area contributed by atoms with Gasteiger partial charge in [-0.2, -0.15) is 0 Å². The van der Waals surface area contributed by atoms with Gasteiger partial charge in [0.25, 0.3) is 0 Å². The Morgan fingerprint density at radius 1 is 1.11 bits per heavy atom. The Labute approximate surface area is 224 Å². The molecule has 2 aliphatic rings. The Morgan fingerprint density at radius 2 is 1.89 bits per heavy atom. The van der Waals surface area contributed by atoms with E-state index in [1.807, 2.05) is 7.11 Å². The van der Waals surface area contributed by atoms with Crippen LogP contribution in [0.4, 0.5) is 5.69 Å². The minimum absolute atomic E-state index is 0.182. The molecule has 4 rings (SSSR count). The number of methoxy groups -OCH3 is 2. The minimum Gasteiger partial charge on any atom is -0.496 e. The van der Waals surface area contributed by atoms with Gasteiger partial charge >= 0.3 is 0 Å². The number of nitrogens with zero attached hydrogens (tertiary/aromatic N) is 1. The van der Waals surface area contributed by atoms with Crippen molar-refractivity contribution in [3.63, 3.8) is 0 Å². The van der Waals surface area contributed by atoms with E-state index in [-0.39, 0.29) is 5.92 Å². The van der Waals surface area contributed by atoms with Gasteiger partial charge in [-0.05, 0) is 74.8 Å². The number of ether oxygens (including phenoxy) is 3. The van der Waals surface area contributed by atoms with Crippen molar-refractivity contribution in [1.29, 1.82) is 0 Å².